The summed E-state index contributed by atoms with van der Waals surface area (Å²) in [5, 5.41) is 10.2. The van der Waals surface area contributed by atoms with Crippen molar-refractivity contribution < 1.29 is 5.11 Å². The van der Waals surface area contributed by atoms with E-state index in [1.165, 1.54) is 6.42 Å². The molecule has 0 heterocycles. The second-order valence-corrected chi connectivity index (χ2v) is 5.33. The molecule has 1 saturated carbocycles. The first-order chi connectivity index (χ1) is 7.27. The molecule has 3 heteroatoms. The molecule has 2 rings (SSSR count). The Hall–Kier alpha value is -0.670. The highest BCUT2D eigenvalue weighted by Crippen LogP contribution is 2.36. The van der Waals surface area contributed by atoms with E-state index in [-0.39, 0.29) is 6.10 Å². The molecule has 1 aliphatic carbocycles. The number of aliphatic hydroxyl groups is 1. The van der Waals surface area contributed by atoms with Crippen molar-refractivity contribution in [3.05, 3.63) is 24.3 Å². The van der Waals surface area contributed by atoms with Gasteiger partial charge in [-0.2, -0.15) is 0 Å². The van der Waals surface area contributed by atoms with Crippen LogP contribution in [0.1, 0.15) is 25.7 Å². The summed E-state index contributed by atoms with van der Waals surface area (Å²) in [5.74, 6) is 0. The molecule has 1 fully saturated rings. The van der Waals surface area contributed by atoms with Crippen molar-refractivity contribution in [2.45, 2.75) is 41.9 Å². The molecular weight excluding hydrogens is 206 g/mol. The number of thioether (sulfide) groups is 1. The second-order valence-electron chi connectivity index (χ2n) is 4.05. The van der Waals surface area contributed by atoms with Crippen molar-refractivity contribution in [1.82, 2.24) is 0 Å². The Kier molecular flexibility index (Phi) is 3.54. The highest BCUT2D eigenvalue weighted by molar-refractivity contribution is 8.00. The van der Waals surface area contributed by atoms with E-state index >= 15 is 0 Å². The third kappa shape index (κ3) is 2.67. The molecule has 0 spiro atoms. The number of nitrogen functional groups attached to an aromatic ring is 1. The minimum absolute atomic E-state index is 0.164. The van der Waals surface area contributed by atoms with Crippen molar-refractivity contribution in [3.63, 3.8) is 0 Å². The Morgan fingerprint density at radius 2 is 1.93 bits per heavy atom. The topological polar surface area (TPSA) is 46.2 Å². The first-order valence-corrected chi connectivity index (χ1v) is 6.34. The third-order valence-corrected chi connectivity index (χ3v) is 4.34. The summed E-state index contributed by atoms with van der Waals surface area (Å²) in [6.07, 6.45) is 4.25. The van der Waals surface area contributed by atoms with Gasteiger partial charge in [-0.1, -0.05) is 25.0 Å². The highest BCUT2D eigenvalue weighted by atomic mass is 32.2. The molecule has 0 aromatic heterocycles. The molecule has 1 aromatic carbocycles. The molecule has 0 bridgehead atoms. The lowest BCUT2D eigenvalue weighted by Crippen LogP contribution is -2.26. The average molecular weight is 223 g/mol. The van der Waals surface area contributed by atoms with Gasteiger partial charge < -0.3 is 10.8 Å². The molecule has 0 unspecified atom stereocenters. The number of para-hydroxylation sites is 1. The molecule has 0 radical (unpaired) electrons. The zero-order valence-electron chi connectivity index (χ0n) is 8.73. The van der Waals surface area contributed by atoms with Crippen molar-refractivity contribution in [3.8, 4) is 0 Å². The number of anilines is 1. The van der Waals surface area contributed by atoms with Gasteiger partial charge in [-0.05, 0) is 25.0 Å². The Balaban J connectivity index is 2.04. The summed E-state index contributed by atoms with van der Waals surface area (Å²) in [6.45, 7) is 0. The summed E-state index contributed by atoms with van der Waals surface area (Å²) in [7, 11) is 0. The van der Waals surface area contributed by atoms with E-state index in [1.807, 2.05) is 24.3 Å². The molecular formula is C12H17NOS. The average Bonchev–Trinajstić information content (AvgIpc) is 2.24. The quantitative estimate of drug-likeness (QED) is 0.758. The minimum Gasteiger partial charge on any atom is -0.398 e. The summed E-state index contributed by atoms with van der Waals surface area (Å²) < 4.78 is 0. The highest BCUT2D eigenvalue weighted by Gasteiger charge is 2.24. The lowest BCUT2D eigenvalue weighted by atomic mass is 9.97. The molecule has 2 atom stereocenters. The lowest BCUT2D eigenvalue weighted by molar-refractivity contribution is 0.137. The van der Waals surface area contributed by atoms with Crippen molar-refractivity contribution in [1.29, 1.82) is 0 Å². The fourth-order valence-electron chi connectivity index (χ4n) is 1.97. The first-order valence-electron chi connectivity index (χ1n) is 5.46. The molecule has 0 amide bonds. The second kappa shape index (κ2) is 4.90. The van der Waals surface area contributed by atoms with Crippen LogP contribution in [-0.2, 0) is 0 Å². The minimum atomic E-state index is -0.164. The van der Waals surface area contributed by atoms with Gasteiger partial charge in [-0.25, -0.2) is 0 Å². The van der Waals surface area contributed by atoms with Crippen LogP contribution in [0.25, 0.3) is 0 Å². The van der Waals surface area contributed by atoms with Gasteiger partial charge in [-0.15, -0.1) is 11.8 Å². The normalized spacial score (nSPS) is 26.5. The van der Waals surface area contributed by atoms with Gasteiger partial charge in [-0.3, -0.25) is 0 Å². The van der Waals surface area contributed by atoms with Crippen LogP contribution >= 0.6 is 11.8 Å². The summed E-state index contributed by atoms with van der Waals surface area (Å²) in [4.78, 5) is 1.10. The Bertz CT molecular complexity index is 329. The first kappa shape index (κ1) is 10.8. The molecule has 2 nitrogen and oxygen atoms in total. The van der Waals surface area contributed by atoms with Crippen LogP contribution < -0.4 is 5.73 Å². The number of aliphatic hydroxyl groups excluding tert-OH is 1. The van der Waals surface area contributed by atoms with E-state index in [0.717, 1.165) is 29.8 Å². The monoisotopic (exact) mass is 223 g/mol. The molecule has 0 saturated heterocycles. The van der Waals surface area contributed by atoms with E-state index in [4.69, 9.17) is 5.73 Å². The number of hydrogen-bond donors (Lipinski definition) is 2. The number of rotatable bonds is 2. The number of hydrogen-bond acceptors (Lipinski definition) is 3. The van der Waals surface area contributed by atoms with E-state index in [1.54, 1.807) is 11.8 Å². The zero-order valence-corrected chi connectivity index (χ0v) is 9.54. The van der Waals surface area contributed by atoms with Crippen molar-refractivity contribution in [2.24, 2.45) is 0 Å². The maximum absolute atomic E-state index is 9.86. The SMILES string of the molecule is Nc1ccccc1S[C@H]1CCCC[C@H]1O. The molecule has 3 N–H and O–H groups in total. The van der Waals surface area contributed by atoms with Gasteiger partial charge in [0.15, 0.2) is 0 Å². The van der Waals surface area contributed by atoms with E-state index in [0.29, 0.717) is 5.25 Å². The van der Waals surface area contributed by atoms with Gasteiger partial charge in [0.25, 0.3) is 0 Å². The van der Waals surface area contributed by atoms with Crippen molar-refractivity contribution in [2.75, 3.05) is 5.73 Å². The van der Waals surface area contributed by atoms with Crippen LogP contribution in [0.2, 0.25) is 0 Å². The Morgan fingerprint density at radius 1 is 1.20 bits per heavy atom. The fraction of sp³-hybridized carbons (Fsp3) is 0.500. The van der Waals surface area contributed by atoms with Crippen LogP contribution in [0.5, 0.6) is 0 Å². The van der Waals surface area contributed by atoms with Crippen LogP contribution in [-0.4, -0.2) is 16.5 Å². The van der Waals surface area contributed by atoms with Crippen LogP contribution in [0.4, 0.5) is 5.69 Å². The van der Waals surface area contributed by atoms with Gasteiger partial charge in [0, 0.05) is 15.8 Å². The third-order valence-electron chi connectivity index (χ3n) is 2.87. The predicted molar refractivity (Wildman–Crippen MR) is 65.0 cm³/mol. The molecule has 1 aliphatic rings. The van der Waals surface area contributed by atoms with E-state index in [9.17, 15) is 5.11 Å². The maximum Gasteiger partial charge on any atom is 0.0662 e. The standard InChI is InChI=1S/C12H17NOS/c13-9-5-1-3-7-11(9)15-12-8-4-2-6-10(12)14/h1,3,5,7,10,12,14H,2,4,6,8,13H2/t10-,12+/m1/s1. The number of nitrogens with two attached hydrogens (primary N) is 1. The predicted octanol–water partition coefficient (Wildman–Crippen LogP) is 2.66. The smallest absolute Gasteiger partial charge is 0.0662 e. The van der Waals surface area contributed by atoms with Gasteiger partial charge in [0.05, 0.1) is 6.10 Å². The Morgan fingerprint density at radius 3 is 2.67 bits per heavy atom. The van der Waals surface area contributed by atoms with E-state index < -0.39 is 0 Å². The zero-order chi connectivity index (χ0) is 10.7. The van der Waals surface area contributed by atoms with Gasteiger partial charge in [0.1, 0.15) is 0 Å². The largest absolute Gasteiger partial charge is 0.398 e. The molecule has 15 heavy (non-hydrogen) atoms. The van der Waals surface area contributed by atoms with Gasteiger partial charge >= 0.3 is 0 Å². The van der Waals surface area contributed by atoms with Crippen molar-refractivity contribution >= 4 is 17.4 Å². The lowest BCUT2D eigenvalue weighted by Gasteiger charge is -2.27. The van der Waals surface area contributed by atoms with Gasteiger partial charge in [0.2, 0.25) is 0 Å². The maximum atomic E-state index is 9.86. The van der Waals surface area contributed by atoms with E-state index in [2.05, 4.69) is 0 Å². The summed E-state index contributed by atoms with van der Waals surface area (Å²) >= 11 is 1.72. The summed E-state index contributed by atoms with van der Waals surface area (Å²) in [5.41, 5.74) is 6.70. The Labute approximate surface area is 94.9 Å². The molecule has 82 valence electrons. The van der Waals surface area contributed by atoms with Crippen LogP contribution in [0, 0.1) is 0 Å². The number of benzene rings is 1. The van der Waals surface area contributed by atoms with Crippen LogP contribution in [0.15, 0.2) is 29.2 Å². The fourth-order valence-corrected chi connectivity index (χ4v) is 3.23. The molecule has 0 aliphatic heterocycles. The van der Waals surface area contributed by atoms with Crippen LogP contribution in [0.3, 0.4) is 0 Å². The molecule has 1 aromatic rings. The summed E-state index contributed by atoms with van der Waals surface area (Å²) in [6, 6.07) is 7.88.